The quantitative estimate of drug-likeness (QED) is 0.583. The van der Waals surface area contributed by atoms with E-state index in [1.54, 1.807) is 6.92 Å². The van der Waals surface area contributed by atoms with Crippen LogP contribution < -0.4 is 16.0 Å². The Morgan fingerprint density at radius 1 is 1.16 bits per heavy atom. The van der Waals surface area contributed by atoms with E-state index in [1.165, 1.54) is 6.92 Å². The third-order valence-electron chi connectivity index (χ3n) is 2.25. The molecule has 7 nitrogen and oxygen atoms in total. The summed E-state index contributed by atoms with van der Waals surface area (Å²) in [6.07, 6.45) is 0.269. The van der Waals surface area contributed by atoms with E-state index >= 15 is 0 Å². The highest BCUT2D eigenvalue weighted by atomic mass is 16.4. The lowest BCUT2D eigenvalue weighted by atomic mass is 10.1. The van der Waals surface area contributed by atoms with Crippen LogP contribution in [0.2, 0.25) is 0 Å². The SMILES string of the molecule is CC[C@H](NC(=O)NC(C)C(=O)NC(C)(C)C)C(=O)O. The van der Waals surface area contributed by atoms with Gasteiger partial charge in [0.05, 0.1) is 0 Å². The van der Waals surface area contributed by atoms with Gasteiger partial charge in [0, 0.05) is 5.54 Å². The Balaban J connectivity index is 4.33. The number of urea groups is 1. The summed E-state index contributed by atoms with van der Waals surface area (Å²) in [4.78, 5) is 34.0. The lowest BCUT2D eigenvalue weighted by Gasteiger charge is -2.24. The van der Waals surface area contributed by atoms with E-state index < -0.39 is 29.6 Å². The Bertz CT molecular complexity index is 349. The molecule has 0 bridgehead atoms. The summed E-state index contributed by atoms with van der Waals surface area (Å²) in [5.41, 5.74) is -0.392. The average molecular weight is 273 g/mol. The van der Waals surface area contributed by atoms with Crippen LogP contribution in [0.5, 0.6) is 0 Å². The number of rotatable bonds is 5. The lowest BCUT2D eigenvalue weighted by molar-refractivity contribution is -0.139. The molecule has 7 heteroatoms. The molecule has 0 saturated heterocycles. The Hall–Kier alpha value is -1.79. The van der Waals surface area contributed by atoms with Gasteiger partial charge in [-0.15, -0.1) is 0 Å². The molecule has 0 aromatic rings. The third kappa shape index (κ3) is 7.28. The maximum atomic E-state index is 11.7. The van der Waals surface area contributed by atoms with Crippen LogP contribution >= 0.6 is 0 Å². The third-order valence-corrected chi connectivity index (χ3v) is 2.25. The second kappa shape index (κ2) is 6.96. The molecule has 19 heavy (non-hydrogen) atoms. The number of hydrogen-bond acceptors (Lipinski definition) is 3. The van der Waals surface area contributed by atoms with E-state index in [9.17, 15) is 14.4 Å². The molecule has 0 rings (SSSR count). The van der Waals surface area contributed by atoms with Gasteiger partial charge >= 0.3 is 12.0 Å². The van der Waals surface area contributed by atoms with Gasteiger partial charge in [-0.25, -0.2) is 9.59 Å². The minimum Gasteiger partial charge on any atom is -0.480 e. The molecule has 0 heterocycles. The number of carboxylic acid groups (broad SMARTS) is 1. The van der Waals surface area contributed by atoms with Gasteiger partial charge < -0.3 is 21.1 Å². The molecule has 0 aliphatic carbocycles. The van der Waals surface area contributed by atoms with Crippen molar-refractivity contribution in [2.24, 2.45) is 0 Å². The highest BCUT2D eigenvalue weighted by molar-refractivity contribution is 5.88. The fraction of sp³-hybridized carbons (Fsp3) is 0.750. The Kier molecular flexibility index (Phi) is 6.31. The molecule has 1 unspecified atom stereocenters. The fourth-order valence-electron chi connectivity index (χ4n) is 1.28. The molecule has 3 amide bonds. The molecular weight excluding hydrogens is 250 g/mol. The number of amides is 3. The first-order chi connectivity index (χ1) is 8.56. The smallest absolute Gasteiger partial charge is 0.326 e. The number of aliphatic carboxylic acids is 1. The van der Waals surface area contributed by atoms with Crippen LogP contribution in [0, 0.1) is 0 Å². The molecule has 0 aliphatic heterocycles. The zero-order valence-corrected chi connectivity index (χ0v) is 12.0. The molecule has 0 radical (unpaired) electrons. The molecule has 0 aliphatic rings. The molecule has 0 saturated carbocycles. The largest absolute Gasteiger partial charge is 0.480 e. The zero-order chi connectivity index (χ0) is 15.2. The summed E-state index contributed by atoms with van der Waals surface area (Å²) in [5.74, 6) is -1.43. The van der Waals surface area contributed by atoms with Crippen LogP contribution in [0.25, 0.3) is 0 Å². The second-order valence-electron chi connectivity index (χ2n) is 5.38. The first-order valence-electron chi connectivity index (χ1n) is 6.18. The monoisotopic (exact) mass is 273 g/mol. The average Bonchev–Trinajstić information content (AvgIpc) is 2.22. The minimum atomic E-state index is -1.11. The van der Waals surface area contributed by atoms with Gasteiger partial charge in [-0.2, -0.15) is 0 Å². The van der Waals surface area contributed by atoms with Gasteiger partial charge in [0.2, 0.25) is 5.91 Å². The normalized spacial score (nSPS) is 14.2. The van der Waals surface area contributed by atoms with E-state index in [1.807, 2.05) is 20.8 Å². The maximum Gasteiger partial charge on any atom is 0.326 e. The highest BCUT2D eigenvalue weighted by Crippen LogP contribution is 1.99. The van der Waals surface area contributed by atoms with E-state index in [0.717, 1.165) is 0 Å². The Labute approximate surface area is 113 Å². The molecule has 4 N–H and O–H groups in total. The van der Waals surface area contributed by atoms with Crippen molar-refractivity contribution < 1.29 is 19.5 Å². The van der Waals surface area contributed by atoms with E-state index in [-0.39, 0.29) is 12.3 Å². The van der Waals surface area contributed by atoms with Crippen LogP contribution in [-0.2, 0) is 9.59 Å². The van der Waals surface area contributed by atoms with Crippen molar-refractivity contribution in [3.8, 4) is 0 Å². The van der Waals surface area contributed by atoms with Gasteiger partial charge in [-0.05, 0) is 34.1 Å². The number of nitrogens with one attached hydrogen (secondary N) is 3. The van der Waals surface area contributed by atoms with Gasteiger partial charge in [0.25, 0.3) is 0 Å². The first kappa shape index (κ1) is 17.2. The first-order valence-corrected chi connectivity index (χ1v) is 6.18. The number of hydrogen-bond donors (Lipinski definition) is 4. The summed E-state index contributed by atoms with van der Waals surface area (Å²) in [7, 11) is 0. The van der Waals surface area contributed by atoms with Crippen LogP contribution in [0.1, 0.15) is 41.0 Å². The van der Waals surface area contributed by atoms with Crippen molar-refractivity contribution in [1.82, 2.24) is 16.0 Å². The molecule has 0 aromatic carbocycles. The van der Waals surface area contributed by atoms with Gasteiger partial charge in [0.15, 0.2) is 0 Å². The lowest BCUT2D eigenvalue weighted by Crippen LogP contribution is -2.54. The molecule has 110 valence electrons. The van der Waals surface area contributed by atoms with E-state index in [4.69, 9.17) is 5.11 Å². The molecule has 0 fully saturated rings. The van der Waals surface area contributed by atoms with E-state index in [2.05, 4.69) is 16.0 Å². The predicted molar refractivity (Wildman–Crippen MR) is 70.7 cm³/mol. The fourth-order valence-corrected chi connectivity index (χ4v) is 1.28. The standard InChI is InChI=1S/C12H23N3O4/c1-6-8(10(17)18)14-11(19)13-7(2)9(16)15-12(3,4)5/h7-8H,6H2,1-5H3,(H,15,16)(H,17,18)(H2,13,14,19)/t7?,8-/m0/s1. The summed E-state index contributed by atoms with van der Waals surface area (Å²) in [6.45, 7) is 8.66. The van der Waals surface area contributed by atoms with Crippen LogP contribution in [-0.4, -0.2) is 40.6 Å². The van der Waals surface area contributed by atoms with Crippen molar-refractivity contribution >= 4 is 17.9 Å². The predicted octanol–water partition coefficient (Wildman–Crippen LogP) is 0.452. The van der Waals surface area contributed by atoms with Crippen molar-refractivity contribution in [3.05, 3.63) is 0 Å². The van der Waals surface area contributed by atoms with Crippen LogP contribution in [0.15, 0.2) is 0 Å². The highest BCUT2D eigenvalue weighted by Gasteiger charge is 2.23. The summed E-state index contributed by atoms with van der Waals surface area (Å²) in [6, 6.07) is -2.38. The van der Waals surface area contributed by atoms with Crippen LogP contribution in [0.4, 0.5) is 4.79 Å². The van der Waals surface area contributed by atoms with Crippen molar-refractivity contribution in [1.29, 1.82) is 0 Å². The second-order valence-corrected chi connectivity index (χ2v) is 5.38. The Morgan fingerprint density at radius 3 is 2.05 bits per heavy atom. The van der Waals surface area contributed by atoms with E-state index in [0.29, 0.717) is 0 Å². The Morgan fingerprint density at radius 2 is 1.68 bits per heavy atom. The zero-order valence-electron chi connectivity index (χ0n) is 12.0. The van der Waals surface area contributed by atoms with Gasteiger partial charge in [-0.1, -0.05) is 6.92 Å². The molecule has 0 spiro atoms. The van der Waals surface area contributed by atoms with Gasteiger partial charge in [-0.3, -0.25) is 4.79 Å². The number of carboxylic acids is 1. The van der Waals surface area contributed by atoms with Crippen molar-refractivity contribution in [3.63, 3.8) is 0 Å². The molecule has 2 atom stereocenters. The van der Waals surface area contributed by atoms with Crippen LogP contribution in [0.3, 0.4) is 0 Å². The topological polar surface area (TPSA) is 108 Å². The van der Waals surface area contributed by atoms with Gasteiger partial charge in [0.1, 0.15) is 12.1 Å². The molecule has 0 aromatic heterocycles. The summed E-state index contributed by atoms with van der Waals surface area (Å²) < 4.78 is 0. The molecular formula is C12H23N3O4. The number of carbonyl (C=O) groups excluding carboxylic acids is 2. The van der Waals surface area contributed by atoms with Crippen molar-refractivity contribution in [2.75, 3.05) is 0 Å². The minimum absolute atomic E-state index is 0.269. The maximum absolute atomic E-state index is 11.7. The number of carbonyl (C=O) groups is 3. The summed E-state index contributed by atoms with van der Waals surface area (Å²) >= 11 is 0. The van der Waals surface area contributed by atoms with Crippen molar-refractivity contribution in [2.45, 2.75) is 58.7 Å². The summed E-state index contributed by atoms with van der Waals surface area (Å²) in [5, 5.41) is 16.2.